The molecule has 1 unspecified atom stereocenters. The average Bonchev–Trinajstić information content (AvgIpc) is 2.78. The van der Waals surface area contributed by atoms with Crippen LogP contribution >= 0.6 is 0 Å². The van der Waals surface area contributed by atoms with Gasteiger partial charge in [0.15, 0.2) is 23.3 Å². The maximum absolute atomic E-state index is 13.9. The number of halogens is 2. The fraction of sp³-hybridized carbons (Fsp3) is 0.643. The van der Waals surface area contributed by atoms with E-state index in [1.165, 1.54) is 0 Å². The van der Waals surface area contributed by atoms with Crippen molar-refractivity contribution in [3.8, 4) is 0 Å². The van der Waals surface area contributed by atoms with E-state index in [0.717, 1.165) is 25.6 Å². The summed E-state index contributed by atoms with van der Waals surface area (Å²) in [5.41, 5.74) is 0.192. The van der Waals surface area contributed by atoms with Crippen LogP contribution in [-0.2, 0) is 0 Å². The van der Waals surface area contributed by atoms with E-state index in [1.807, 2.05) is 4.90 Å². The van der Waals surface area contributed by atoms with Crippen LogP contribution < -0.4 is 10.2 Å². The highest BCUT2D eigenvalue weighted by molar-refractivity contribution is 5.49. The molecule has 0 aromatic carbocycles. The zero-order chi connectivity index (χ0) is 14.2. The number of rotatable bonds is 2. The molecular formula is C14H21F2N3. The van der Waals surface area contributed by atoms with E-state index in [1.54, 1.807) is 7.05 Å². The lowest BCUT2D eigenvalue weighted by Gasteiger charge is -2.27. The van der Waals surface area contributed by atoms with Crippen LogP contribution in [0.5, 0.6) is 0 Å². The largest absolute Gasteiger partial charge is 0.371 e. The second-order valence-corrected chi connectivity index (χ2v) is 6.17. The SMILES string of the molecule is CNc1nc(N2CCC(C(C)(C)C)C2)c(F)cc1F. The van der Waals surface area contributed by atoms with Crippen LogP contribution in [-0.4, -0.2) is 25.1 Å². The van der Waals surface area contributed by atoms with E-state index >= 15 is 0 Å². The minimum absolute atomic E-state index is 0.0932. The second-order valence-electron chi connectivity index (χ2n) is 6.17. The fourth-order valence-electron chi connectivity index (χ4n) is 2.51. The molecule has 1 aromatic heterocycles. The van der Waals surface area contributed by atoms with Crippen LogP contribution in [0.4, 0.5) is 20.4 Å². The Morgan fingerprint density at radius 2 is 2.00 bits per heavy atom. The number of nitrogens with one attached hydrogen (secondary N) is 1. The molecule has 1 aliphatic heterocycles. The second kappa shape index (κ2) is 4.94. The van der Waals surface area contributed by atoms with Crippen molar-refractivity contribution in [2.75, 3.05) is 30.4 Å². The van der Waals surface area contributed by atoms with Crippen molar-refractivity contribution in [1.29, 1.82) is 0 Å². The van der Waals surface area contributed by atoms with Gasteiger partial charge in [-0.05, 0) is 17.8 Å². The van der Waals surface area contributed by atoms with E-state index in [4.69, 9.17) is 0 Å². The van der Waals surface area contributed by atoms with E-state index in [0.29, 0.717) is 5.92 Å². The van der Waals surface area contributed by atoms with E-state index < -0.39 is 11.6 Å². The summed E-state index contributed by atoms with van der Waals surface area (Å²) in [6.07, 6.45) is 1.01. The van der Waals surface area contributed by atoms with Gasteiger partial charge in [0.1, 0.15) is 0 Å². The van der Waals surface area contributed by atoms with Crippen LogP contribution in [0.15, 0.2) is 6.07 Å². The van der Waals surface area contributed by atoms with E-state index in [2.05, 4.69) is 31.1 Å². The fourth-order valence-corrected chi connectivity index (χ4v) is 2.51. The molecule has 19 heavy (non-hydrogen) atoms. The summed E-state index contributed by atoms with van der Waals surface area (Å²) in [4.78, 5) is 5.96. The molecule has 0 spiro atoms. The molecule has 0 bridgehead atoms. The number of hydrogen-bond acceptors (Lipinski definition) is 3. The topological polar surface area (TPSA) is 28.2 Å². The normalized spacial score (nSPS) is 19.9. The molecule has 2 heterocycles. The molecule has 1 N–H and O–H groups in total. The number of nitrogens with zero attached hydrogens (tertiary/aromatic N) is 2. The van der Waals surface area contributed by atoms with Gasteiger partial charge < -0.3 is 10.2 Å². The number of hydrogen-bond donors (Lipinski definition) is 1. The number of aromatic nitrogens is 1. The molecule has 106 valence electrons. The lowest BCUT2D eigenvalue weighted by molar-refractivity contribution is 0.263. The highest BCUT2D eigenvalue weighted by atomic mass is 19.1. The predicted octanol–water partition coefficient (Wildman–Crippen LogP) is 3.27. The summed E-state index contributed by atoms with van der Waals surface area (Å²) >= 11 is 0. The minimum Gasteiger partial charge on any atom is -0.371 e. The summed E-state index contributed by atoms with van der Waals surface area (Å²) in [5.74, 6) is -0.411. The van der Waals surface area contributed by atoms with Gasteiger partial charge in [-0.3, -0.25) is 0 Å². The molecule has 0 saturated carbocycles. The molecule has 1 fully saturated rings. The van der Waals surface area contributed by atoms with Crippen LogP contribution in [0.1, 0.15) is 27.2 Å². The molecule has 1 atom stereocenters. The minimum atomic E-state index is -0.657. The highest BCUT2D eigenvalue weighted by Crippen LogP contribution is 2.36. The van der Waals surface area contributed by atoms with Crippen LogP contribution in [0.3, 0.4) is 0 Å². The molecule has 1 aliphatic rings. The van der Waals surface area contributed by atoms with Crippen molar-refractivity contribution < 1.29 is 8.78 Å². The zero-order valence-corrected chi connectivity index (χ0v) is 11.9. The van der Waals surface area contributed by atoms with Gasteiger partial charge >= 0.3 is 0 Å². The molecule has 1 saturated heterocycles. The van der Waals surface area contributed by atoms with Crippen LogP contribution in [0.2, 0.25) is 0 Å². The molecular weight excluding hydrogens is 248 g/mol. The van der Waals surface area contributed by atoms with E-state index in [-0.39, 0.29) is 17.1 Å². The molecule has 1 aromatic rings. The average molecular weight is 269 g/mol. The summed E-state index contributed by atoms with van der Waals surface area (Å²) in [5, 5.41) is 2.65. The zero-order valence-electron chi connectivity index (χ0n) is 11.9. The van der Waals surface area contributed by atoms with Gasteiger partial charge in [-0.1, -0.05) is 20.8 Å². The van der Waals surface area contributed by atoms with Crippen LogP contribution in [0.25, 0.3) is 0 Å². The Bertz CT molecular complexity index is 468. The molecule has 0 radical (unpaired) electrons. The molecule has 2 rings (SSSR count). The molecule has 5 heteroatoms. The Morgan fingerprint density at radius 3 is 2.53 bits per heavy atom. The van der Waals surface area contributed by atoms with Gasteiger partial charge in [0, 0.05) is 26.2 Å². The lowest BCUT2D eigenvalue weighted by atomic mass is 9.80. The van der Waals surface area contributed by atoms with Gasteiger partial charge in [-0.2, -0.15) is 0 Å². The first-order valence-corrected chi connectivity index (χ1v) is 6.61. The number of anilines is 2. The highest BCUT2D eigenvalue weighted by Gasteiger charge is 2.33. The first kappa shape index (κ1) is 14.0. The first-order chi connectivity index (χ1) is 8.82. The Hall–Kier alpha value is -1.39. The molecule has 0 amide bonds. The summed E-state index contributed by atoms with van der Waals surface area (Å²) in [7, 11) is 1.58. The van der Waals surface area contributed by atoms with Gasteiger partial charge in [0.05, 0.1) is 0 Å². The van der Waals surface area contributed by atoms with Crippen molar-refractivity contribution in [2.45, 2.75) is 27.2 Å². The smallest absolute Gasteiger partial charge is 0.168 e. The summed E-state index contributed by atoms with van der Waals surface area (Å²) in [6.45, 7) is 8.10. The molecule has 0 aliphatic carbocycles. The molecule has 3 nitrogen and oxygen atoms in total. The van der Waals surface area contributed by atoms with Gasteiger partial charge in [0.25, 0.3) is 0 Å². The Morgan fingerprint density at radius 1 is 1.32 bits per heavy atom. The van der Waals surface area contributed by atoms with Crippen molar-refractivity contribution in [1.82, 2.24) is 4.98 Å². The van der Waals surface area contributed by atoms with E-state index in [9.17, 15) is 8.78 Å². The van der Waals surface area contributed by atoms with Gasteiger partial charge in [0.2, 0.25) is 0 Å². The van der Waals surface area contributed by atoms with Crippen LogP contribution in [0, 0.1) is 23.0 Å². The third kappa shape index (κ3) is 2.80. The first-order valence-electron chi connectivity index (χ1n) is 6.61. The Kier molecular flexibility index (Phi) is 3.65. The van der Waals surface area contributed by atoms with Crippen molar-refractivity contribution in [3.05, 3.63) is 17.7 Å². The third-order valence-corrected chi connectivity index (χ3v) is 3.86. The number of pyridine rings is 1. The quantitative estimate of drug-likeness (QED) is 0.893. The van der Waals surface area contributed by atoms with Gasteiger partial charge in [-0.15, -0.1) is 0 Å². The van der Waals surface area contributed by atoms with Crippen molar-refractivity contribution in [3.63, 3.8) is 0 Å². The predicted molar refractivity (Wildman–Crippen MR) is 73.5 cm³/mol. The van der Waals surface area contributed by atoms with Gasteiger partial charge in [-0.25, -0.2) is 13.8 Å². The summed E-state index contributed by atoms with van der Waals surface area (Å²) < 4.78 is 27.3. The summed E-state index contributed by atoms with van der Waals surface area (Å²) in [6, 6.07) is 0.901. The monoisotopic (exact) mass is 269 g/mol. The van der Waals surface area contributed by atoms with Crippen molar-refractivity contribution in [2.24, 2.45) is 11.3 Å². The third-order valence-electron chi connectivity index (χ3n) is 3.86. The standard InChI is InChI=1S/C14H21F2N3/c1-14(2,3)9-5-6-19(8-9)13-11(16)7-10(15)12(17-4)18-13/h7,9H,5-6,8H2,1-4H3,(H,17,18). The lowest BCUT2D eigenvalue weighted by Crippen LogP contribution is -2.27. The maximum atomic E-state index is 13.9. The Labute approximate surface area is 113 Å². The van der Waals surface area contributed by atoms with Crippen molar-refractivity contribution >= 4 is 11.6 Å². The maximum Gasteiger partial charge on any atom is 0.168 e. The Balaban J connectivity index is 2.24.